The van der Waals surface area contributed by atoms with Crippen molar-refractivity contribution in [2.24, 2.45) is 5.92 Å². The average Bonchev–Trinajstić information content (AvgIpc) is 2.58. The van der Waals surface area contributed by atoms with Crippen molar-refractivity contribution in [1.82, 2.24) is 10.2 Å². The van der Waals surface area contributed by atoms with Crippen LogP contribution in [0.1, 0.15) is 36.8 Å². The molecule has 0 aliphatic heterocycles. The molecule has 0 amide bonds. The van der Waals surface area contributed by atoms with Gasteiger partial charge in [0.25, 0.3) is 0 Å². The van der Waals surface area contributed by atoms with E-state index in [1.165, 1.54) is 6.07 Å². The predicted molar refractivity (Wildman–Crippen MR) is 100 cm³/mol. The van der Waals surface area contributed by atoms with Gasteiger partial charge >= 0.3 is 5.97 Å². The maximum Gasteiger partial charge on any atom is 0.356 e. The number of carboxylic acid groups (broad SMARTS) is 1. The van der Waals surface area contributed by atoms with Crippen molar-refractivity contribution in [2.45, 2.75) is 27.3 Å². The zero-order valence-corrected chi connectivity index (χ0v) is 16.2. The first kappa shape index (κ1) is 19.2. The van der Waals surface area contributed by atoms with Crippen molar-refractivity contribution in [3.05, 3.63) is 46.1 Å². The van der Waals surface area contributed by atoms with Gasteiger partial charge in [-0.05, 0) is 43.2 Å². The van der Waals surface area contributed by atoms with Gasteiger partial charge in [0, 0.05) is 23.1 Å². The minimum atomic E-state index is -1.08. The molecule has 0 atom stereocenters. The summed E-state index contributed by atoms with van der Waals surface area (Å²) in [6.07, 6.45) is 0. The zero-order valence-electron chi connectivity index (χ0n) is 14.6. The maximum absolute atomic E-state index is 10.9. The van der Waals surface area contributed by atoms with Crippen LogP contribution in [0.15, 0.2) is 34.8 Å². The van der Waals surface area contributed by atoms with E-state index in [-0.39, 0.29) is 5.69 Å². The highest BCUT2D eigenvalue weighted by Crippen LogP contribution is 2.26. The van der Waals surface area contributed by atoms with Gasteiger partial charge in [0.15, 0.2) is 11.5 Å². The van der Waals surface area contributed by atoms with Gasteiger partial charge in [-0.3, -0.25) is 0 Å². The topological polar surface area (TPSA) is 75.5 Å². The molecule has 134 valence electrons. The van der Waals surface area contributed by atoms with Gasteiger partial charge in [-0.25, -0.2) is 4.79 Å². The third-order valence-electron chi connectivity index (χ3n) is 3.53. The minimum Gasteiger partial charge on any atom is -0.493 e. The van der Waals surface area contributed by atoms with Gasteiger partial charge in [0.2, 0.25) is 0 Å². The molecular formula is C18H22BrN3O3. The Balaban J connectivity index is 2.22. The molecule has 7 heteroatoms. The van der Waals surface area contributed by atoms with E-state index in [0.29, 0.717) is 31.4 Å². The van der Waals surface area contributed by atoms with Crippen LogP contribution in [0, 0.1) is 5.92 Å². The van der Waals surface area contributed by atoms with Crippen LogP contribution in [-0.2, 0) is 6.54 Å². The molecule has 0 spiro atoms. The summed E-state index contributed by atoms with van der Waals surface area (Å²) in [5.74, 6) is 0.819. The van der Waals surface area contributed by atoms with Crippen LogP contribution in [0.2, 0.25) is 0 Å². The Morgan fingerprint density at radius 1 is 1.28 bits per heavy atom. The Kier molecular flexibility index (Phi) is 6.75. The molecule has 0 fully saturated rings. The molecule has 0 radical (unpaired) electrons. The number of nitrogens with zero attached hydrogens (tertiary/aromatic N) is 3. The van der Waals surface area contributed by atoms with E-state index in [0.717, 1.165) is 15.8 Å². The van der Waals surface area contributed by atoms with E-state index in [2.05, 4.69) is 40.0 Å². The molecular weight excluding hydrogens is 386 g/mol. The Labute approximate surface area is 156 Å². The van der Waals surface area contributed by atoms with Crippen LogP contribution in [0.5, 0.6) is 5.75 Å². The number of rotatable bonds is 8. The highest BCUT2D eigenvalue weighted by molar-refractivity contribution is 9.10. The van der Waals surface area contributed by atoms with Crippen molar-refractivity contribution in [3.8, 4) is 5.75 Å². The Hall–Kier alpha value is -2.15. The van der Waals surface area contributed by atoms with Gasteiger partial charge in [-0.15, -0.1) is 10.2 Å². The van der Waals surface area contributed by atoms with Crippen LogP contribution < -0.4 is 9.64 Å². The van der Waals surface area contributed by atoms with Gasteiger partial charge < -0.3 is 14.7 Å². The van der Waals surface area contributed by atoms with Crippen molar-refractivity contribution in [3.63, 3.8) is 0 Å². The van der Waals surface area contributed by atoms with Crippen LogP contribution in [0.3, 0.4) is 0 Å². The second-order valence-electron chi connectivity index (χ2n) is 6.05. The minimum absolute atomic E-state index is 0.0665. The second kappa shape index (κ2) is 8.80. The molecule has 0 aliphatic rings. The quantitative estimate of drug-likeness (QED) is 0.712. The summed E-state index contributed by atoms with van der Waals surface area (Å²) in [5, 5.41) is 16.7. The fraction of sp³-hybridized carbons (Fsp3) is 0.389. The van der Waals surface area contributed by atoms with Crippen LogP contribution in [-0.4, -0.2) is 34.4 Å². The van der Waals surface area contributed by atoms with E-state index in [1.807, 2.05) is 30.0 Å². The van der Waals surface area contributed by atoms with Crippen molar-refractivity contribution in [2.75, 3.05) is 18.1 Å². The number of halogens is 1. The van der Waals surface area contributed by atoms with Crippen molar-refractivity contribution >= 4 is 27.7 Å². The molecule has 2 aromatic rings. The summed E-state index contributed by atoms with van der Waals surface area (Å²) in [6, 6.07) is 9.07. The van der Waals surface area contributed by atoms with Gasteiger partial charge in [-0.1, -0.05) is 29.8 Å². The SMILES string of the molecule is CCN(Cc1cc(Br)ccc1OCC(C)C)c1ccc(C(=O)O)nn1. The monoisotopic (exact) mass is 407 g/mol. The molecule has 0 aliphatic carbocycles. The largest absolute Gasteiger partial charge is 0.493 e. The van der Waals surface area contributed by atoms with E-state index < -0.39 is 5.97 Å². The van der Waals surface area contributed by atoms with E-state index in [4.69, 9.17) is 9.84 Å². The summed E-state index contributed by atoms with van der Waals surface area (Å²) < 4.78 is 6.90. The molecule has 2 rings (SSSR count). The molecule has 6 nitrogen and oxygen atoms in total. The summed E-state index contributed by atoms with van der Waals surface area (Å²) in [4.78, 5) is 12.9. The Morgan fingerprint density at radius 3 is 2.60 bits per heavy atom. The maximum atomic E-state index is 10.9. The lowest BCUT2D eigenvalue weighted by atomic mass is 10.1. The molecule has 0 bridgehead atoms. The fourth-order valence-electron chi connectivity index (χ4n) is 2.24. The molecule has 1 aromatic heterocycles. The van der Waals surface area contributed by atoms with Crippen molar-refractivity contribution < 1.29 is 14.6 Å². The molecule has 1 N–H and O–H groups in total. The van der Waals surface area contributed by atoms with Gasteiger partial charge in [-0.2, -0.15) is 0 Å². The van der Waals surface area contributed by atoms with Crippen LogP contribution in [0.4, 0.5) is 5.82 Å². The molecule has 0 saturated carbocycles. The lowest BCUT2D eigenvalue weighted by molar-refractivity contribution is 0.0689. The lowest BCUT2D eigenvalue weighted by Gasteiger charge is -2.23. The number of aromatic carboxylic acids is 1. The lowest BCUT2D eigenvalue weighted by Crippen LogP contribution is -2.24. The predicted octanol–water partition coefficient (Wildman–Crippen LogP) is 4.00. The number of aromatic nitrogens is 2. The number of hydrogen-bond acceptors (Lipinski definition) is 5. The standard InChI is InChI=1S/C18H22BrN3O3/c1-4-22(17-8-6-15(18(23)24)20-21-17)10-13-9-14(19)5-7-16(13)25-11-12(2)3/h5-9,12H,4,10-11H2,1-3H3,(H,23,24). The Bertz CT molecular complexity index is 720. The summed E-state index contributed by atoms with van der Waals surface area (Å²) in [6.45, 7) is 8.17. The van der Waals surface area contributed by atoms with E-state index in [1.54, 1.807) is 6.07 Å². The normalized spacial score (nSPS) is 10.8. The molecule has 1 heterocycles. The third-order valence-corrected chi connectivity index (χ3v) is 4.02. The number of benzene rings is 1. The average molecular weight is 408 g/mol. The van der Waals surface area contributed by atoms with Crippen LogP contribution >= 0.6 is 15.9 Å². The molecule has 25 heavy (non-hydrogen) atoms. The number of carbonyl (C=O) groups is 1. The number of anilines is 1. The first-order valence-electron chi connectivity index (χ1n) is 8.14. The summed E-state index contributed by atoms with van der Waals surface area (Å²) in [5.41, 5.74) is 0.962. The smallest absolute Gasteiger partial charge is 0.356 e. The van der Waals surface area contributed by atoms with E-state index >= 15 is 0 Å². The highest BCUT2D eigenvalue weighted by Gasteiger charge is 2.14. The first-order chi connectivity index (χ1) is 11.9. The second-order valence-corrected chi connectivity index (χ2v) is 6.97. The van der Waals surface area contributed by atoms with Gasteiger partial charge in [0.05, 0.1) is 6.61 Å². The Morgan fingerprint density at radius 2 is 2.04 bits per heavy atom. The first-order valence-corrected chi connectivity index (χ1v) is 8.93. The third kappa shape index (κ3) is 5.42. The van der Waals surface area contributed by atoms with Gasteiger partial charge in [0.1, 0.15) is 5.75 Å². The number of ether oxygens (including phenoxy) is 1. The highest BCUT2D eigenvalue weighted by atomic mass is 79.9. The fourth-order valence-corrected chi connectivity index (χ4v) is 2.65. The zero-order chi connectivity index (χ0) is 18.4. The van der Waals surface area contributed by atoms with E-state index in [9.17, 15) is 4.79 Å². The van der Waals surface area contributed by atoms with Crippen molar-refractivity contribution in [1.29, 1.82) is 0 Å². The summed E-state index contributed by atoms with van der Waals surface area (Å²) >= 11 is 3.50. The molecule has 0 unspecified atom stereocenters. The molecule has 1 aromatic carbocycles. The number of carboxylic acids is 1. The summed E-state index contributed by atoms with van der Waals surface area (Å²) in [7, 11) is 0. The molecule has 0 saturated heterocycles. The number of hydrogen-bond donors (Lipinski definition) is 1. The van der Waals surface area contributed by atoms with Crippen LogP contribution in [0.25, 0.3) is 0 Å².